The van der Waals surface area contributed by atoms with Crippen LogP contribution in [0.1, 0.15) is 21.5 Å². The van der Waals surface area contributed by atoms with Gasteiger partial charge in [0.2, 0.25) is 0 Å². The van der Waals surface area contributed by atoms with Crippen LogP contribution in [0.15, 0.2) is 78.9 Å². The number of carbonyl (C=O) groups is 2. The number of hydrogen-bond donors (Lipinski definition) is 2. The summed E-state index contributed by atoms with van der Waals surface area (Å²) in [7, 11) is 0. The van der Waals surface area contributed by atoms with Gasteiger partial charge < -0.3 is 15.4 Å². The van der Waals surface area contributed by atoms with E-state index >= 15 is 0 Å². The first-order valence-corrected chi connectivity index (χ1v) is 9.57. The lowest BCUT2D eigenvalue weighted by Gasteiger charge is -2.12. The molecule has 31 heavy (non-hydrogen) atoms. The highest BCUT2D eigenvalue weighted by atomic mass is 16.6. The predicted molar refractivity (Wildman–Crippen MR) is 115 cm³/mol. The normalized spacial score (nSPS) is 10.2. The number of benzene rings is 3. The molecular formula is C23H21N3O5. The van der Waals surface area contributed by atoms with Gasteiger partial charge >= 0.3 is 5.97 Å². The van der Waals surface area contributed by atoms with Gasteiger partial charge in [-0.25, -0.2) is 4.79 Å². The molecule has 2 N–H and O–H groups in total. The van der Waals surface area contributed by atoms with Crippen LogP contribution in [0.3, 0.4) is 0 Å². The van der Waals surface area contributed by atoms with E-state index in [9.17, 15) is 19.7 Å². The van der Waals surface area contributed by atoms with Gasteiger partial charge in [0, 0.05) is 30.9 Å². The molecule has 158 valence electrons. The van der Waals surface area contributed by atoms with E-state index in [1.807, 2.05) is 60.7 Å². The minimum absolute atomic E-state index is 0.0130. The van der Waals surface area contributed by atoms with Crippen LogP contribution in [0, 0.1) is 10.1 Å². The third-order valence-corrected chi connectivity index (χ3v) is 4.43. The van der Waals surface area contributed by atoms with Gasteiger partial charge in [0.05, 0.1) is 10.5 Å². The van der Waals surface area contributed by atoms with Crippen molar-refractivity contribution in [1.29, 1.82) is 0 Å². The van der Waals surface area contributed by atoms with E-state index in [2.05, 4.69) is 10.6 Å². The molecule has 0 fully saturated rings. The molecule has 0 atom stereocenters. The van der Waals surface area contributed by atoms with Crippen LogP contribution >= 0.6 is 0 Å². The molecule has 3 rings (SSSR count). The van der Waals surface area contributed by atoms with E-state index < -0.39 is 23.4 Å². The molecule has 1 amide bonds. The van der Waals surface area contributed by atoms with Crippen molar-refractivity contribution in [1.82, 2.24) is 5.32 Å². The van der Waals surface area contributed by atoms with E-state index in [-0.39, 0.29) is 11.3 Å². The Hall–Kier alpha value is -4.20. The van der Waals surface area contributed by atoms with Crippen LogP contribution in [0.2, 0.25) is 0 Å². The van der Waals surface area contributed by atoms with Crippen molar-refractivity contribution in [2.24, 2.45) is 0 Å². The average Bonchev–Trinajstić information content (AvgIpc) is 2.81. The molecular weight excluding hydrogens is 398 g/mol. The molecule has 0 aliphatic heterocycles. The fraction of sp³-hybridized carbons (Fsp3) is 0.130. The summed E-state index contributed by atoms with van der Waals surface area (Å²) in [5, 5.41) is 16.9. The summed E-state index contributed by atoms with van der Waals surface area (Å²) in [5.41, 5.74) is 2.00. The van der Waals surface area contributed by atoms with Gasteiger partial charge in [-0.3, -0.25) is 14.9 Å². The number of carbonyl (C=O) groups excluding carboxylic acids is 2. The Morgan fingerprint density at radius 1 is 0.871 bits per heavy atom. The second kappa shape index (κ2) is 10.5. The summed E-state index contributed by atoms with van der Waals surface area (Å²) >= 11 is 0. The molecule has 0 heterocycles. The Kier molecular flexibility index (Phi) is 7.31. The van der Waals surface area contributed by atoms with Gasteiger partial charge in [0.1, 0.15) is 0 Å². The Morgan fingerprint density at radius 3 is 2.10 bits per heavy atom. The van der Waals surface area contributed by atoms with Crippen LogP contribution in [0.4, 0.5) is 11.4 Å². The van der Waals surface area contributed by atoms with Crippen molar-refractivity contribution in [3.05, 3.63) is 106 Å². The lowest BCUT2D eigenvalue weighted by molar-refractivity contribution is -0.384. The van der Waals surface area contributed by atoms with Crippen LogP contribution in [0.25, 0.3) is 0 Å². The zero-order valence-corrected chi connectivity index (χ0v) is 16.6. The third kappa shape index (κ3) is 6.40. The molecule has 0 spiro atoms. The number of esters is 1. The molecule has 3 aromatic carbocycles. The first-order valence-electron chi connectivity index (χ1n) is 9.57. The number of nitrogens with zero attached hydrogens (tertiary/aromatic N) is 1. The maximum absolute atomic E-state index is 12.6. The van der Waals surface area contributed by atoms with Crippen LogP contribution < -0.4 is 10.6 Å². The molecule has 0 aliphatic rings. The number of rotatable bonds is 9. The summed E-state index contributed by atoms with van der Waals surface area (Å²) in [6, 6.07) is 22.7. The van der Waals surface area contributed by atoms with Crippen LogP contribution in [-0.2, 0) is 22.6 Å². The maximum Gasteiger partial charge on any atom is 0.341 e. The highest BCUT2D eigenvalue weighted by Gasteiger charge is 2.19. The van der Waals surface area contributed by atoms with Crippen molar-refractivity contribution in [2.45, 2.75) is 13.1 Å². The van der Waals surface area contributed by atoms with Gasteiger partial charge in [-0.2, -0.15) is 0 Å². The molecule has 3 aromatic rings. The van der Waals surface area contributed by atoms with Crippen molar-refractivity contribution >= 4 is 23.3 Å². The molecule has 0 bridgehead atoms. The average molecular weight is 419 g/mol. The summed E-state index contributed by atoms with van der Waals surface area (Å²) in [5.74, 6) is -1.30. The van der Waals surface area contributed by atoms with Crippen molar-refractivity contribution in [3.8, 4) is 0 Å². The fourth-order valence-electron chi connectivity index (χ4n) is 2.82. The van der Waals surface area contributed by atoms with E-state index in [0.717, 1.165) is 17.2 Å². The monoisotopic (exact) mass is 419 g/mol. The van der Waals surface area contributed by atoms with Crippen molar-refractivity contribution in [3.63, 3.8) is 0 Å². The Bertz CT molecular complexity index is 1060. The molecule has 8 nitrogen and oxygen atoms in total. The van der Waals surface area contributed by atoms with Crippen molar-refractivity contribution in [2.75, 3.05) is 11.9 Å². The summed E-state index contributed by atoms with van der Waals surface area (Å²) in [6.07, 6.45) is 0. The number of ether oxygens (including phenoxy) is 1. The second-order valence-electron chi connectivity index (χ2n) is 6.66. The Morgan fingerprint density at radius 2 is 1.48 bits per heavy atom. The summed E-state index contributed by atoms with van der Waals surface area (Å²) < 4.78 is 5.09. The first kappa shape index (κ1) is 21.5. The molecule has 0 aromatic heterocycles. The minimum atomic E-state index is -0.825. The quantitative estimate of drug-likeness (QED) is 0.311. The van der Waals surface area contributed by atoms with E-state index in [1.54, 1.807) is 0 Å². The lowest BCUT2D eigenvalue weighted by atomic mass is 10.1. The molecule has 8 heteroatoms. The van der Waals surface area contributed by atoms with Gasteiger partial charge in [-0.15, -0.1) is 0 Å². The maximum atomic E-state index is 12.6. The molecule has 0 radical (unpaired) electrons. The first-order chi connectivity index (χ1) is 15.0. The highest BCUT2D eigenvalue weighted by Crippen LogP contribution is 2.23. The summed E-state index contributed by atoms with van der Waals surface area (Å²) in [6.45, 7) is 0.223. The zero-order chi connectivity index (χ0) is 22.1. The largest absolute Gasteiger partial charge is 0.452 e. The number of nitro benzene ring substituents is 1. The van der Waals surface area contributed by atoms with Gasteiger partial charge in [0.15, 0.2) is 6.61 Å². The van der Waals surface area contributed by atoms with Crippen LogP contribution in [-0.4, -0.2) is 23.4 Å². The van der Waals surface area contributed by atoms with Gasteiger partial charge in [0.25, 0.3) is 11.6 Å². The minimum Gasteiger partial charge on any atom is -0.452 e. The second-order valence-corrected chi connectivity index (χ2v) is 6.66. The number of amides is 1. The van der Waals surface area contributed by atoms with Gasteiger partial charge in [-0.05, 0) is 17.2 Å². The molecule has 0 saturated carbocycles. The number of anilines is 1. The van der Waals surface area contributed by atoms with E-state index in [1.165, 1.54) is 12.1 Å². The van der Waals surface area contributed by atoms with Gasteiger partial charge in [-0.1, -0.05) is 60.7 Å². The third-order valence-electron chi connectivity index (χ3n) is 4.43. The molecule has 0 aliphatic carbocycles. The topological polar surface area (TPSA) is 111 Å². The SMILES string of the molecule is O=C(COC(=O)c1cc([N+](=O)[O-])ccc1NCc1ccccc1)NCc1ccccc1. The fourth-order valence-corrected chi connectivity index (χ4v) is 2.82. The van der Waals surface area contributed by atoms with E-state index in [4.69, 9.17) is 4.74 Å². The number of nitrogens with one attached hydrogen (secondary N) is 2. The van der Waals surface area contributed by atoms with E-state index in [0.29, 0.717) is 18.8 Å². The smallest absolute Gasteiger partial charge is 0.341 e. The highest BCUT2D eigenvalue weighted by molar-refractivity contribution is 5.97. The molecule has 0 unspecified atom stereocenters. The Labute approximate surface area is 179 Å². The van der Waals surface area contributed by atoms with Crippen LogP contribution in [0.5, 0.6) is 0 Å². The van der Waals surface area contributed by atoms with Crippen molar-refractivity contribution < 1.29 is 19.2 Å². The zero-order valence-electron chi connectivity index (χ0n) is 16.6. The summed E-state index contributed by atoms with van der Waals surface area (Å²) in [4.78, 5) is 35.1. The molecule has 0 saturated heterocycles. The number of non-ortho nitro benzene ring substituents is 1. The lowest BCUT2D eigenvalue weighted by Crippen LogP contribution is -2.28. The Balaban J connectivity index is 1.64. The number of hydrogen-bond acceptors (Lipinski definition) is 6. The predicted octanol–water partition coefficient (Wildman–Crippen LogP) is 3.68. The number of nitro groups is 1. The standard InChI is InChI=1S/C23H21N3O5/c27-22(25-15-18-9-5-2-6-10-18)16-31-23(28)20-13-19(26(29)30)11-12-21(20)24-14-17-7-3-1-4-8-17/h1-13,24H,14-16H2,(H,25,27).